The first kappa shape index (κ1) is 26.8. The summed E-state index contributed by atoms with van der Waals surface area (Å²) in [6, 6.07) is 3.46. The van der Waals surface area contributed by atoms with E-state index in [-0.39, 0.29) is 23.3 Å². The topological polar surface area (TPSA) is 106 Å². The quantitative estimate of drug-likeness (QED) is 0.309. The molecule has 14 heteroatoms. The van der Waals surface area contributed by atoms with Gasteiger partial charge in [-0.05, 0) is 43.4 Å². The van der Waals surface area contributed by atoms with E-state index in [1.807, 2.05) is 0 Å². The van der Waals surface area contributed by atoms with Gasteiger partial charge in [0.15, 0.2) is 5.82 Å². The zero-order chi connectivity index (χ0) is 27.6. The molecule has 0 unspecified atom stereocenters. The molecule has 4 aromatic rings. The smallest absolute Gasteiger partial charge is 0.381 e. The van der Waals surface area contributed by atoms with Crippen molar-refractivity contribution in [2.75, 3.05) is 5.32 Å². The van der Waals surface area contributed by atoms with Crippen LogP contribution in [0, 0.1) is 5.82 Å². The summed E-state index contributed by atoms with van der Waals surface area (Å²) in [5.74, 6) is -0.911. The summed E-state index contributed by atoms with van der Waals surface area (Å²) in [7, 11) is 0. The molecule has 0 saturated heterocycles. The lowest BCUT2D eigenvalue weighted by Gasteiger charge is -2.18. The normalized spacial score (nSPS) is 12.7. The number of aromatic nitrogens is 5. The zero-order valence-electron chi connectivity index (χ0n) is 19.7. The summed E-state index contributed by atoms with van der Waals surface area (Å²) in [5.41, 5.74) is -4.12. The molecule has 0 fully saturated rings. The van der Waals surface area contributed by atoms with Gasteiger partial charge in [0.25, 0.3) is 17.5 Å². The number of hydrogen-bond donors (Lipinski definition) is 2. The number of hydrogen-bond acceptors (Lipinski definition) is 6. The minimum atomic E-state index is -4.87. The second-order valence-corrected chi connectivity index (χ2v) is 8.55. The number of alkyl halides is 5. The highest BCUT2D eigenvalue weighted by Crippen LogP contribution is 2.32. The summed E-state index contributed by atoms with van der Waals surface area (Å²) in [5, 5.41) is 8.27. The molecule has 0 saturated carbocycles. The molecular formula is C24H20F6N6O2. The average Bonchev–Trinajstić information content (AvgIpc) is 2.85. The van der Waals surface area contributed by atoms with Crippen LogP contribution in [0.15, 0.2) is 52.6 Å². The first-order chi connectivity index (χ1) is 18.0. The van der Waals surface area contributed by atoms with Crippen molar-refractivity contribution in [3.8, 4) is 11.4 Å². The number of fused-ring (bicyclic) bond motifs is 1. The molecule has 4 rings (SSSR count). The van der Waals surface area contributed by atoms with E-state index in [1.165, 1.54) is 16.8 Å². The van der Waals surface area contributed by atoms with Crippen LogP contribution < -0.4 is 16.4 Å². The molecule has 0 spiro atoms. The standard InChI is InChI=1S/C24H20F6N6O2/c1-12(34-18-11-33-35-22(37)19(18)24(28,29)30)3-2-5-36-6-4-13-7-16(17(25)8-15(13)23(36)38)21-31-9-14(10-32-21)20(26)27/h4,6-12,20H,2-3,5H2,1H3,(H2,34,35,37)/t12-/m0/s1. The van der Waals surface area contributed by atoms with Crippen molar-refractivity contribution in [1.29, 1.82) is 0 Å². The maximum Gasteiger partial charge on any atom is 0.423 e. The molecule has 0 bridgehead atoms. The Morgan fingerprint density at radius 1 is 1.11 bits per heavy atom. The highest BCUT2D eigenvalue weighted by Gasteiger charge is 2.37. The summed E-state index contributed by atoms with van der Waals surface area (Å²) in [4.78, 5) is 32.1. The summed E-state index contributed by atoms with van der Waals surface area (Å²) in [6.07, 6.45) is -2.73. The minimum Gasteiger partial charge on any atom is -0.381 e. The predicted octanol–water partition coefficient (Wildman–Crippen LogP) is 4.92. The number of H-pyrrole nitrogens is 1. The van der Waals surface area contributed by atoms with Crippen LogP contribution in [-0.4, -0.2) is 30.8 Å². The second-order valence-electron chi connectivity index (χ2n) is 8.55. The van der Waals surface area contributed by atoms with Crippen molar-refractivity contribution in [2.24, 2.45) is 0 Å². The second kappa shape index (κ2) is 10.6. The van der Waals surface area contributed by atoms with Gasteiger partial charge in [0.2, 0.25) is 0 Å². The Kier molecular flexibility index (Phi) is 7.51. The fraction of sp³-hybridized carbons (Fsp3) is 0.292. The van der Waals surface area contributed by atoms with Gasteiger partial charge < -0.3 is 9.88 Å². The molecular weight excluding hydrogens is 518 g/mol. The lowest BCUT2D eigenvalue weighted by molar-refractivity contribution is -0.138. The molecule has 3 aromatic heterocycles. The Balaban J connectivity index is 1.47. The Morgan fingerprint density at radius 2 is 1.82 bits per heavy atom. The molecule has 0 aliphatic heterocycles. The maximum absolute atomic E-state index is 14.8. The number of aryl methyl sites for hydroxylation is 1. The van der Waals surface area contributed by atoms with Gasteiger partial charge in [-0.2, -0.15) is 18.3 Å². The largest absolute Gasteiger partial charge is 0.423 e. The third-order valence-corrected chi connectivity index (χ3v) is 5.81. The van der Waals surface area contributed by atoms with E-state index in [1.54, 1.807) is 18.1 Å². The van der Waals surface area contributed by atoms with Gasteiger partial charge in [-0.1, -0.05) is 0 Å². The van der Waals surface area contributed by atoms with Gasteiger partial charge in [0.05, 0.1) is 28.4 Å². The highest BCUT2D eigenvalue weighted by molar-refractivity contribution is 5.85. The molecule has 3 heterocycles. The zero-order valence-corrected chi connectivity index (χ0v) is 19.7. The lowest BCUT2D eigenvalue weighted by atomic mass is 10.1. The molecule has 8 nitrogen and oxygen atoms in total. The number of nitrogens with zero attached hydrogens (tertiary/aromatic N) is 4. The van der Waals surface area contributed by atoms with Gasteiger partial charge in [0, 0.05) is 31.2 Å². The van der Waals surface area contributed by atoms with Crippen molar-refractivity contribution in [3.05, 3.63) is 80.6 Å². The first-order valence-corrected chi connectivity index (χ1v) is 11.3. The summed E-state index contributed by atoms with van der Waals surface area (Å²) in [6.45, 7) is 1.82. The van der Waals surface area contributed by atoms with E-state index < -0.39 is 52.4 Å². The maximum atomic E-state index is 14.8. The number of nitrogens with one attached hydrogen (secondary N) is 2. The van der Waals surface area contributed by atoms with Crippen molar-refractivity contribution in [3.63, 3.8) is 0 Å². The molecule has 0 radical (unpaired) electrons. The molecule has 0 aliphatic rings. The van der Waals surface area contributed by atoms with Crippen LogP contribution in [0.1, 0.15) is 37.3 Å². The average molecular weight is 538 g/mol. The molecule has 38 heavy (non-hydrogen) atoms. The van der Waals surface area contributed by atoms with Crippen LogP contribution in [-0.2, 0) is 12.7 Å². The van der Waals surface area contributed by atoms with Crippen LogP contribution in [0.4, 0.5) is 32.0 Å². The van der Waals surface area contributed by atoms with Crippen molar-refractivity contribution in [1.82, 2.24) is 24.7 Å². The van der Waals surface area contributed by atoms with Crippen molar-refractivity contribution >= 4 is 16.5 Å². The van der Waals surface area contributed by atoms with Gasteiger partial charge in [0.1, 0.15) is 11.4 Å². The SMILES string of the molecule is C[C@@H](CCCn1ccc2cc(-c3ncc(C(F)F)cn3)c(F)cc2c1=O)Nc1cn[nH]c(=O)c1C(F)(F)F. The van der Waals surface area contributed by atoms with Crippen molar-refractivity contribution in [2.45, 2.75) is 45.0 Å². The lowest BCUT2D eigenvalue weighted by Crippen LogP contribution is -2.27. The Morgan fingerprint density at radius 3 is 2.47 bits per heavy atom. The Bertz CT molecular complexity index is 1570. The molecule has 0 amide bonds. The molecule has 1 atom stereocenters. The van der Waals surface area contributed by atoms with Crippen LogP contribution in [0.3, 0.4) is 0 Å². The number of rotatable bonds is 8. The van der Waals surface area contributed by atoms with Crippen LogP contribution >= 0.6 is 0 Å². The molecule has 1 aromatic carbocycles. The number of anilines is 1. The van der Waals surface area contributed by atoms with Crippen molar-refractivity contribution < 1.29 is 26.3 Å². The number of pyridine rings is 1. The van der Waals surface area contributed by atoms with Crippen LogP contribution in [0.25, 0.3) is 22.2 Å². The monoisotopic (exact) mass is 538 g/mol. The summed E-state index contributed by atoms with van der Waals surface area (Å²) < 4.78 is 81.2. The van der Waals surface area contributed by atoms with Crippen LogP contribution in [0.5, 0.6) is 0 Å². The van der Waals surface area contributed by atoms with E-state index >= 15 is 0 Å². The summed E-state index contributed by atoms with van der Waals surface area (Å²) >= 11 is 0. The number of aromatic amines is 1. The fourth-order valence-corrected chi connectivity index (χ4v) is 3.94. The number of benzene rings is 1. The van der Waals surface area contributed by atoms with E-state index in [4.69, 9.17) is 0 Å². The number of halogens is 6. The highest BCUT2D eigenvalue weighted by atomic mass is 19.4. The van der Waals surface area contributed by atoms with E-state index in [9.17, 15) is 35.9 Å². The van der Waals surface area contributed by atoms with E-state index in [0.717, 1.165) is 24.7 Å². The Labute approximate surface area is 210 Å². The molecule has 2 N–H and O–H groups in total. The Hall–Kier alpha value is -4.23. The van der Waals surface area contributed by atoms with Gasteiger partial charge in [-0.15, -0.1) is 0 Å². The van der Waals surface area contributed by atoms with E-state index in [0.29, 0.717) is 18.2 Å². The molecule has 0 aliphatic carbocycles. The fourth-order valence-electron chi connectivity index (χ4n) is 3.94. The van der Waals surface area contributed by atoms with E-state index in [2.05, 4.69) is 20.4 Å². The van der Waals surface area contributed by atoms with Gasteiger partial charge >= 0.3 is 6.18 Å². The predicted molar refractivity (Wildman–Crippen MR) is 126 cm³/mol. The third kappa shape index (κ3) is 5.68. The van der Waals surface area contributed by atoms with Gasteiger partial charge in [-0.25, -0.2) is 28.2 Å². The first-order valence-electron chi connectivity index (χ1n) is 11.3. The third-order valence-electron chi connectivity index (χ3n) is 5.81. The minimum absolute atomic E-state index is 0.0529. The van der Waals surface area contributed by atoms with Gasteiger partial charge in [-0.3, -0.25) is 9.59 Å². The van der Waals surface area contributed by atoms with Crippen LogP contribution in [0.2, 0.25) is 0 Å². The molecule has 200 valence electrons.